The maximum Gasteiger partial charge on any atom is 0.263 e. The molecule has 1 amide bonds. The number of hydrogen-bond donors (Lipinski definition) is 1. The van der Waals surface area contributed by atoms with Crippen LogP contribution in [0.2, 0.25) is 0 Å². The third-order valence-electron chi connectivity index (χ3n) is 5.13. The summed E-state index contributed by atoms with van der Waals surface area (Å²) in [6.45, 7) is 9.99. The van der Waals surface area contributed by atoms with Crippen molar-refractivity contribution in [2.75, 3.05) is 33.3 Å². The summed E-state index contributed by atoms with van der Waals surface area (Å²) in [5.74, 6) is 0.812. The van der Waals surface area contributed by atoms with Crippen molar-refractivity contribution in [1.82, 2.24) is 15.2 Å². The molecule has 0 radical (unpaired) electrons. The van der Waals surface area contributed by atoms with Gasteiger partial charge in [-0.2, -0.15) is 0 Å². The van der Waals surface area contributed by atoms with E-state index < -0.39 is 0 Å². The Kier molecular flexibility index (Phi) is 7.23. The lowest BCUT2D eigenvalue weighted by atomic mass is 10.1. The molecule has 0 atom stereocenters. The number of benzene rings is 2. The van der Waals surface area contributed by atoms with Gasteiger partial charge in [0.25, 0.3) is 5.91 Å². The number of nitrogens with one attached hydrogen (secondary N) is 1. The van der Waals surface area contributed by atoms with Crippen LogP contribution >= 0.6 is 11.3 Å². The average Bonchev–Trinajstić information content (AvgIpc) is 3.14. The number of amides is 1. The first kappa shape index (κ1) is 21.3. The van der Waals surface area contributed by atoms with Crippen molar-refractivity contribution in [3.63, 3.8) is 0 Å². The van der Waals surface area contributed by atoms with Crippen LogP contribution in [0.1, 0.15) is 35.6 Å². The highest BCUT2D eigenvalue weighted by atomic mass is 32.1. The van der Waals surface area contributed by atoms with E-state index in [0.717, 1.165) is 58.8 Å². The first-order valence-corrected chi connectivity index (χ1v) is 10.9. The van der Waals surface area contributed by atoms with Gasteiger partial charge in [-0.1, -0.05) is 32.0 Å². The summed E-state index contributed by atoms with van der Waals surface area (Å²) < 4.78 is 5.29. The molecule has 0 unspecified atom stereocenters. The molecule has 29 heavy (non-hydrogen) atoms. The highest BCUT2D eigenvalue weighted by Crippen LogP contribution is 2.31. The van der Waals surface area contributed by atoms with Gasteiger partial charge in [-0.25, -0.2) is 4.98 Å². The van der Waals surface area contributed by atoms with Crippen LogP contribution in [0.25, 0.3) is 21.3 Å². The SMILES string of the molecule is CCN(CC)CCCNC(=O)c1sc(-c2ccc3cc(OC)ccc3c2)nc1C. The second-order valence-electron chi connectivity index (χ2n) is 7.00. The molecule has 0 bridgehead atoms. The van der Waals surface area contributed by atoms with E-state index in [0.29, 0.717) is 11.4 Å². The van der Waals surface area contributed by atoms with Gasteiger partial charge in [0.2, 0.25) is 0 Å². The van der Waals surface area contributed by atoms with Crippen molar-refractivity contribution in [3.05, 3.63) is 47.0 Å². The minimum absolute atomic E-state index is 0.0312. The number of aryl methyl sites for hydroxylation is 1. The number of rotatable bonds is 9. The smallest absolute Gasteiger partial charge is 0.263 e. The first-order valence-electron chi connectivity index (χ1n) is 10.1. The predicted octanol–water partition coefficient (Wildman–Crippen LogP) is 4.74. The fourth-order valence-corrected chi connectivity index (χ4v) is 4.32. The third kappa shape index (κ3) is 5.14. The van der Waals surface area contributed by atoms with Gasteiger partial charge in [0.15, 0.2) is 0 Å². The molecule has 0 saturated carbocycles. The van der Waals surface area contributed by atoms with Crippen molar-refractivity contribution in [3.8, 4) is 16.3 Å². The number of methoxy groups -OCH3 is 1. The predicted molar refractivity (Wildman–Crippen MR) is 121 cm³/mol. The van der Waals surface area contributed by atoms with Gasteiger partial charge in [0.05, 0.1) is 12.8 Å². The van der Waals surface area contributed by atoms with Crippen LogP contribution < -0.4 is 10.1 Å². The molecule has 2 aromatic carbocycles. The second kappa shape index (κ2) is 9.85. The van der Waals surface area contributed by atoms with Crippen molar-refractivity contribution < 1.29 is 9.53 Å². The topological polar surface area (TPSA) is 54.5 Å². The zero-order chi connectivity index (χ0) is 20.8. The van der Waals surface area contributed by atoms with Crippen LogP contribution in [-0.2, 0) is 0 Å². The Morgan fingerprint density at radius 2 is 1.86 bits per heavy atom. The highest BCUT2D eigenvalue weighted by molar-refractivity contribution is 7.17. The van der Waals surface area contributed by atoms with E-state index in [1.54, 1.807) is 7.11 Å². The van der Waals surface area contributed by atoms with Gasteiger partial charge < -0.3 is 15.0 Å². The van der Waals surface area contributed by atoms with Crippen LogP contribution in [0, 0.1) is 6.92 Å². The molecule has 1 heterocycles. The lowest BCUT2D eigenvalue weighted by Crippen LogP contribution is -2.29. The minimum atomic E-state index is -0.0312. The Morgan fingerprint density at radius 1 is 1.14 bits per heavy atom. The molecule has 0 aliphatic rings. The molecule has 5 nitrogen and oxygen atoms in total. The van der Waals surface area contributed by atoms with Crippen LogP contribution in [-0.4, -0.2) is 49.1 Å². The van der Waals surface area contributed by atoms with Gasteiger partial charge in [-0.15, -0.1) is 11.3 Å². The molecule has 154 valence electrons. The average molecular weight is 412 g/mol. The van der Waals surface area contributed by atoms with E-state index in [9.17, 15) is 4.79 Å². The normalized spacial score (nSPS) is 11.2. The molecular formula is C23H29N3O2S. The number of fused-ring (bicyclic) bond motifs is 1. The molecule has 6 heteroatoms. The molecule has 1 aromatic heterocycles. The van der Waals surface area contributed by atoms with Gasteiger partial charge in [-0.3, -0.25) is 4.79 Å². The fraction of sp³-hybridized carbons (Fsp3) is 0.391. The Morgan fingerprint density at radius 3 is 2.59 bits per heavy atom. The summed E-state index contributed by atoms with van der Waals surface area (Å²) in [7, 11) is 1.67. The van der Waals surface area contributed by atoms with Crippen LogP contribution in [0.5, 0.6) is 5.75 Å². The molecule has 0 aliphatic carbocycles. The molecule has 3 aromatic rings. The standard InChI is InChI=1S/C23H29N3O2S/c1-5-26(6-2)13-7-12-24-22(27)21-16(3)25-23(29-21)19-9-8-18-15-20(28-4)11-10-17(18)14-19/h8-11,14-15H,5-7,12-13H2,1-4H3,(H,24,27). The van der Waals surface area contributed by atoms with Gasteiger partial charge in [-0.05, 0) is 62.0 Å². The summed E-state index contributed by atoms with van der Waals surface area (Å²) in [6.07, 6.45) is 0.951. The van der Waals surface area contributed by atoms with E-state index in [1.807, 2.05) is 31.2 Å². The van der Waals surface area contributed by atoms with Gasteiger partial charge in [0, 0.05) is 12.1 Å². The molecule has 0 aliphatic heterocycles. The molecule has 0 fully saturated rings. The first-order chi connectivity index (χ1) is 14.0. The zero-order valence-corrected chi connectivity index (χ0v) is 18.4. The molecular weight excluding hydrogens is 382 g/mol. The van der Waals surface area contributed by atoms with E-state index in [2.05, 4.69) is 41.2 Å². The maximum absolute atomic E-state index is 12.6. The quantitative estimate of drug-likeness (QED) is 0.517. The van der Waals surface area contributed by atoms with E-state index >= 15 is 0 Å². The lowest BCUT2D eigenvalue weighted by molar-refractivity contribution is 0.0955. The minimum Gasteiger partial charge on any atom is -0.497 e. The number of hydrogen-bond acceptors (Lipinski definition) is 5. The highest BCUT2D eigenvalue weighted by Gasteiger charge is 2.16. The summed E-state index contributed by atoms with van der Waals surface area (Å²) >= 11 is 1.45. The van der Waals surface area contributed by atoms with Crippen molar-refractivity contribution >= 4 is 28.0 Å². The Hall–Kier alpha value is -2.44. The van der Waals surface area contributed by atoms with E-state index in [1.165, 1.54) is 11.3 Å². The number of aromatic nitrogens is 1. The molecule has 3 rings (SSSR count). The fourth-order valence-electron chi connectivity index (χ4n) is 3.34. The van der Waals surface area contributed by atoms with E-state index in [4.69, 9.17) is 4.74 Å². The number of ether oxygens (including phenoxy) is 1. The summed E-state index contributed by atoms with van der Waals surface area (Å²) in [5.41, 5.74) is 1.80. The van der Waals surface area contributed by atoms with Crippen LogP contribution in [0.15, 0.2) is 36.4 Å². The molecule has 1 N–H and O–H groups in total. The van der Waals surface area contributed by atoms with E-state index in [-0.39, 0.29) is 5.91 Å². The van der Waals surface area contributed by atoms with Crippen LogP contribution in [0.3, 0.4) is 0 Å². The van der Waals surface area contributed by atoms with Crippen molar-refractivity contribution in [2.24, 2.45) is 0 Å². The summed E-state index contributed by atoms with van der Waals surface area (Å²) in [4.78, 5) is 20.3. The monoisotopic (exact) mass is 411 g/mol. The second-order valence-corrected chi connectivity index (χ2v) is 8.00. The van der Waals surface area contributed by atoms with Crippen molar-refractivity contribution in [2.45, 2.75) is 27.2 Å². The molecule has 0 saturated heterocycles. The van der Waals surface area contributed by atoms with Gasteiger partial charge in [0.1, 0.15) is 15.6 Å². The lowest BCUT2D eigenvalue weighted by Gasteiger charge is -2.17. The zero-order valence-electron chi connectivity index (χ0n) is 17.6. The third-order valence-corrected chi connectivity index (χ3v) is 6.33. The number of thiazole rings is 1. The largest absolute Gasteiger partial charge is 0.497 e. The summed E-state index contributed by atoms with van der Waals surface area (Å²) in [6, 6.07) is 12.2. The van der Waals surface area contributed by atoms with Crippen LogP contribution in [0.4, 0.5) is 0 Å². The number of carbonyl (C=O) groups is 1. The Bertz CT molecular complexity index is 979. The van der Waals surface area contributed by atoms with Gasteiger partial charge >= 0.3 is 0 Å². The Labute approximate surface area is 176 Å². The Balaban J connectivity index is 1.69. The summed E-state index contributed by atoms with van der Waals surface area (Å²) in [5, 5.41) is 6.15. The number of nitrogens with zero attached hydrogens (tertiary/aromatic N) is 2. The number of carbonyl (C=O) groups excluding carboxylic acids is 1. The molecule has 0 spiro atoms. The van der Waals surface area contributed by atoms with Crippen molar-refractivity contribution in [1.29, 1.82) is 0 Å². The maximum atomic E-state index is 12.6.